The first-order valence-corrected chi connectivity index (χ1v) is 6.53. The lowest BCUT2D eigenvalue weighted by atomic mass is 10.4. The summed E-state index contributed by atoms with van der Waals surface area (Å²) in [4.78, 5) is 0. The molecule has 1 N–H and O–H groups in total. The van der Waals surface area contributed by atoms with Crippen molar-refractivity contribution in [3.63, 3.8) is 0 Å². The van der Waals surface area contributed by atoms with Crippen LogP contribution in [0.5, 0.6) is 0 Å². The molecule has 0 aromatic carbocycles. The van der Waals surface area contributed by atoms with Crippen molar-refractivity contribution < 1.29 is 0 Å². The fourth-order valence-corrected chi connectivity index (χ4v) is 2.03. The van der Waals surface area contributed by atoms with Crippen LogP contribution in [0.2, 0.25) is 0 Å². The van der Waals surface area contributed by atoms with E-state index in [4.69, 9.17) is 0 Å². The van der Waals surface area contributed by atoms with Crippen LogP contribution < -0.4 is 5.32 Å². The molecule has 0 bridgehead atoms. The van der Waals surface area contributed by atoms with Gasteiger partial charge < -0.3 is 5.32 Å². The van der Waals surface area contributed by atoms with E-state index in [1.807, 2.05) is 22.5 Å². The summed E-state index contributed by atoms with van der Waals surface area (Å²) in [6.45, 7) is 8.90. The molecule has 18 heavy (non-hydrogen) atoms. The maximum atomic E-state index is 4.42. The normalized spacial score (nSPS) is 10.8. The number of nitrogens with one attached hydrogen (secondary N) is 1. The lowest BCUT2D eigenvalue weighted by Gasteiger charge is -2.09. The molecule has 0 saturated carbocycles. The Labute approximate surface area is 108 Å². The average molecular weight is 247 g/mol. The molecule has 0 aliphatic carbocycles. The van der Waals surface area contributed by atoms with Gasteiger partial charge in [-0.1, -0.05) is 6.92 Å². The molecule has 2 aromatic heterocycles. The zero-order valence-electron chi connectivity index (χ0n) is 11.3. The summed E-state index contributed by atoms with van der Waals surface area (Å²) in [7, 11) is 0. The van der Waals surface area contributed by atoms with Crippen molar-refractivity contribution in [2.75, 3.05) is 5.32 Å². The maximum absolute atomic E-state index is 4.42. The molecule has 2 rings (SSSR count). The zero-order valence-corrected chi connectivity index (χ0v) is 11.3. The Balaban J connectivity index is 2.04. The minimum absolute atomic E-state index is 0.783. The molecule has 0 aliphatic rings. The van der Waals surface area contributed by atoms with Gasteiger partial charge in [0.1, 0.15) is 5.82 Å². The largest absolute Gasteiger partial charge is 0.365 e. The molecule has 0 saturated heterocycles. The van der Waals surface area contributed by atoms with E-state index < -0.39 is 0 Å². The minimum Gasteiger partial charge on any atom is -0.365 e. The summed E-state index contributed by atoms with van der Waals surface area (Å²) in [5.74, 6) is 1.07. The number of anilines is 1. The van der Waals surface area contributed by atoms with Gasteiger partial charge in [-0.25, -0.2) is 4.68 Å². The van der Waals surface area contributed by atoms with Crippen molar-refractivity contribution in [3.8, 4) is 0 Å². The molecule has 0 spiro atoms. The van der Waals surface area contributed by atoms with Gasteiger partial charge in [0, 0.05) is 25.4 Å². The van der Waals surface area contributed by atoms with Crippen molar-refractivity contribution in [3.05, 3.63) is 29.7 Å². The van der Waals surface area contributed by atoms with Crippen LogP contribution in [0.4, 0.5) is 5.82 Å². The van der Waals surface area contributed by atoms with Crippen molar-refractivity contribution in [2.45, 2.75) is 46.8 Å². The van der Waals surface area contributed by atoms with Gasteiger partial charge in [-0.2, -0.15) is 10.2 Å². The Hall–Kier alpha value is -1.78. The monoisotopic (exact) mass is 247 g/mol. The Bertz CT molecular complexity index is 497. The number of aryl methyl sites for hydroxylation is 3. The first-order chi connectivity index (χ1) is 8.74. The van der Waals surface area contributed by atoms with E-state index in [2.05, 4.69) is 41.5 Å². The van der Waals surface area contributed by atoms with Gasteiger partial charge in [-0.05, 0) is 26.3 Å². The van der Waals surface area contributed by atoms with Gasteiger partial charge in [-0.15, -0.1) is 0 Å². The molecule has 2 aromatic rings. The van der Waals surface area contributed by atoms with Crippen LogP contribution in [0.25, 0.3) is 0 Å². The van der Waals surface area contributed by atoms with Gasteiger partial charge in [0.2, 0.25) is 0 Å². The molecule has 0 unspecified atom stereocenters. The highest BCUT2D eigenvalue weighted by Gasteiger charge is 2.05. The van der Waals surface area contributed by atoms with Crippen molar-refractivity contribution in [2.24, 2.45) is 0 Å². The van der Waals surface area contributed by atoms with Crippen LogP contribution in [-0.4, -0.2) is 19.6 Å². The highest BCUT2D eigenvalue weighted by Crippen LogP contribution is 2.11. The van der Waals surface area contributed by atoms with Crippen LogP contribution in [-0.2, 0) is 19.6 Å². The molecule has 98 valence electrons. The van der Waals surface area contributed by atoms with Gasteiger partial charge in [0.15, 0.2) is 0 Å². The van der Waals surface area contributed by atoms with Crippen molar-refractivity contribution >= 4 is 5.82 Å². The van der Waals surface area contributed by atoms with E-state index in [0.29, 0.717) is 0 Å². The first kappa shape index (κ1) is 12.7. The lowest BCUT2D eigenvalue weighted by molar-refractivity contribution is 0.577. The summed E-state index contributed by atoms with van der Waals surface area (Å²) in [6.07, 6.45) is 2.95. The molecule has 5 heteroatoms. The van der Waals surface area contributed by atoms with Gasteiger partial charge in [0.25, 0.3) is 0 Å². The molecule has 0 aliphatic heterocycles. The van der Waals surface area contributed by atoms with Gasteiger partial charge >= 0.3 is 0 Å². The van der Waals surface area contributed by atoms with E-state index in [-0.39, 0.29) is 0 Å². The lowest BCUT2D eigenvalue weighted by Crippen LogP contribution is -2.11. The highest BCUT2D eigenvalue weighted by molar-refractivity contribution is 5.37. The third kappa shape index (κ3) is 2.72. The number of aromatic nitrogens is 4. The average Bonchev–Trinajstić information content (AvgIpc) is 2.93. The summed E-state index contributed by atoms with van der Waals surface area (Å²) in [5.41, 5.74) is 2.25. The summed E-state index contributed by atoms with van der Waals surface area (Å²) in [5, 5.41) is 12.2. The van der Waals surface area contributed by atoms with Crippen molar-refractivity contribution in [1.29, 1.82) is 0 Å². The second kappa shape index (κ2) is 5.71. The number of hydrogen-bond donors (Lipinski definition) is 1. The van der Waals surface area contributed by atoms with Crippen LogP contribution in [0.15, 0.2) is 18.3 Å². The van der Waals surface area contributed by atoms with Gasteiger partial charge in [-0.3, -0.25) is 4.68 Å². The Kier molecular flexibility index (Phi) is 4.02. The molecule has 0 radical (unpaired) electrons. The summed E-state index contributed by atoms with van der Waals surface area (Å²) >= 11 is 0. The van der Waals surface area contributed by atoms with E-state index >= 15 is 0 Å². The molecular weight excluding hydrogens is 226 g/mol. The topological polar surface area (TPSA) is 47.7 Å². The molecule has 2 heterocycles. The van der Waals surface area contributed by atoms with Crippen molar-refractivity contribution in [1.82, 2.24) is 19.6 Å². The Morgan fingerprint density at radius 1 is 1.28 bits per heavy atom. The summed E-state index contributed by atoms with van der Waals surface area (Å²) in [6, 6.07) is 4.13. The molecule has 0 atom stereocenters. The summed E-state index contributed by atoms with van der Waals surface area (Å²) < 4.78 is 4.03. The fraction of sp³-hybridized carbons (Fsp3) is 0.538. The van der Waals surface area contributed by atoms with E-state index in [1.165, 1.54) is 5.69 Å². The SMILES string of the molecule is CCCn1nccc1CNc1cc(C)nn1CC. The van der Waals surface area contributed by atoms with Gasteiger partial charge in [0.05, 0.1) is 17.9 Å². The number of nitrogens with zero attached hydrogens (tertiary/aromatic N) is 4. The second-order valence-corrected chi connectivity index (χ2v) is 4.39. The van der Waals surface area contributed by atoms with E-state index in [0.717, 1.165) is 37.6 Å². The predicted molar refractivity (Wildman–Crippen MR) is 72.5 cm³/mol. The fourth-order valence-electron chi connectivity index (χ4n) is 2.03. The molecule has 0 fully saturated rings. The molecule has 5 nitrogen and oxygen atoms in total. The Morgan fingerprint density at radius 3 is 2.83 bits per heavy atom. The van der Waals surface area contributed by atoms with Crippen LogP contribution in [0.3, 0.4) is 0 Å². The third-order valence-corrected chi connectivity index (χ3v) is 2.89. The molecule has 0 amide bonds. The van der Waals surface area contributed by atoms with Crippen LogP contribution >= 0.6 is 0 Å². The number of rotatable bonds is 6. The van der Waals surface area contributed by atoms with Crippen LogP contribution in [0, 0.1) is 6.92 Å². The maximum Gasteiger partial charge on any atom is 0.124 e. The standard InChI is InChI=1S/C13H21N5/c1-4-8-18-12(6-7-15-18)10-14-13-9-11(3)16-17(13)5-2/h6-7,9,14H,4-5,8,10H2,1-3H3. The van der Waals surface area contributed by atoms with Crippen LogP contribution in [0.1, 0.15) is 31.7 Å². The Morgan fingerprint density at radius 2 is 2.11 bits per heavy atom. The third-order valence-electron chi connectivity index (χ3n) is 2.89. The predicted octanol–water partition coefficient (Wildman–Crippen LogP) is 2.43. The quantitative estimate of drug-likeness (QED) is 0.853. The van der Waals surface area contributed by atoms with E-state index in [1.54, 1.807) is 0 Å². The highest BCUT2D eigenvalue weighted by atomic mass is 15.3. The second-order valence-electron chi connectivity index (χ2n) is 4.39. The van der Waals surface area contributed by atoms with E-state index in [9.17, 15) is 0 Å². The molecular formula is C13H21N5. The zero-order chi connectivity index (χ0) is 13.0. The smallest absolute Gasteiger partial charge is 0.124 e. The number of hydrogen-bond acceptors (Lipinski definition) is 3. The minimum atomic E-state index is 0.783. The first-order valence-electron chi connectivity index (χ1n) is 6.53.